The van der Waals surface area contributed by atoms with E-state index in [0.29, 0.717) is 26.2 Å². The van der Waals surface area contributed by atoms with Crippen molar-refractivity contribution in [2.75, 3.05) is 32.8 Å². The standard InChI is InChI=1S/C23H27N3O3/c24-11-19-13-25(14-20(19)18-9-5-2-6-10-18)23(28)21-15-29-16-22(27)26(21)12-17-7-3-1-4-8-17/h1-10,19-21H,11-16,24H2/t19-,20+,21-/m1/s1. The van der Waals surface area contributed by atoms with Gasteiger partial charge in [0.2, 0.25) is 11.8 Å². The number of hydrogen-bond acceptors (Lipinski definition) is 4. The van der Waals surface area contributed by atoms with Crippen LogP contribution in [0.5, 0.6) is 0 Å². The van der Waals surface area contributed by atoms with Crippen LogP contribution in [0.4, 0.5) is 0 Å². The van der Waals surface area contributed by atoms with Crippen molar-refractivity contribution in [2.24, 2.45) is 11.7 Å². The van der Waals surface area contributed by atoms with E-state index in [1.165, 1.54) is 5.56 Å². The van der Waals surface area contributed by atoms with Crippen LogP contribution >= 0.6 is 0 Å². The first-order valence-electron chi connectivity index (χ1n) is 10.1. The van der Waals surface area contributed by atoms with Gasteiger partial charge in [0, 0.05) is 25.6 Å². The topological polar surface area (TPSA) is 75.9 Å². The second-order valence-corrected chi connectivity index (χ2v) is 7.79. The highest BCUT2D eigenvalue weighted by Crippen LogP contribution is 2.33. The summed E-state index contributed by atoms with van der Waals surface area (Å²) in [5.41, 5.74) is 8.23. The Morgan fingerprint density at radius 1 is 1.03 bits per heavy atom. The average Bonchev–Trinajstić information content (AvgIpc) is 3.20. The Morgan fingerprint density at radius 3 is 2.41 bits per heavy atom. The summed E-state index contributed by atoms with van der Waals surface area (Å²) in [5.74, 6) is 0.232. The van der Waals surface area contributed by atoms with Crippen molar-refractivity contribution < 1.29 is 14.3 Å². The van der Waals surface area contributed by atoms with Crippen LogP contribution in [0.2, 0.25) is 0 Å². The summed E-state index contributed by atoms with van der Waals surface area (Å²) in [6.07, 6.45) is 0. The zero-order valence-electron chi connectivity index (χ0n) is 16.4. The summed E-state index contributed by atoms with van der Waals surface area (Å²) in [7, 11) is 0. The van der Waals surface area contributed by atoms with Gasteiger partial charge in [-0.15, -0.1) is 0 Å². The van der Waals surface area contributed by atoms with Gasteiger partial charge in [0.05, 0.1) is 6.61 Å². The molecular formula is C23H27N3O3. The highest BCUT2D eigenvalue weighted by Gasteiger charge is 2.41. The van der Waals surface area contributed by atoms with Crippen LogP contribution in [0, 0.1) is 5.92 Å². The fourth-order valence-electron chi connectivity index (χ4n) is 4.37. The van der Waals surface area contributed by atoms with Crippen molar-refractivity contribution in [1.29, 1.82) is 0 Å². The summed E-state index contributed by atoms with van der Waals surface area (Å²) in [4.78, 5) is 29.5. The Morgan fingerprint density at radius 2 is 1.72 bits per heavy atom. The maximum Gasteiger partial charge on any atom is 0.249 e. The molecule has 2 aliphatic rings. The molecule has 2 saturated heterocycles. The number of carbonyl (C=O) groups excluding carboxylic acids is 2. The number of nitrogens with two attached hydrogens (primary N) is 1. The first kappa shape index (κ1) is 19.6. The van der Waals surface area contributed by atoms with Crippen molar-refractivity contribution in [3.05, 3.63) is 71.8 Å². The molecule has 2 amide bonds. The molecule has 6 nitrogen and oxygen atoms in total. The molecule has 0 spiro atoms. The van der Waals surface area contributed by atoms with Gasteiger partial charge >= 0.3 is 0 Å². The number of morpholine rings is 1. The van der Waals surface area contributed by atoms with Gasteiger partial charge in [0.15, 0.2) is 0 Å². The number of amides is 2. The maximum atomic E-state index is 13.4. The van der Waals surface area contributed by atoms with Crippen LogP contribution in [0.1, 0.15) is 17.0 Å². The molecule has 29 heavy (non-hydrogen) atoms. The van der Waals surface area contributed by atoms with E-state index in [1.807, 2.05) is 53.4 Å². The lowest BCUT2D eigenvalue weighted by Gasteiger charge is -2.36. The van der Waals surface area contributed by atoms with E-state index in [2.05, 4.69) is 12.1 Å². The largest absolute Gasteiger partial charge is 0.369 e. The fourth-order valence-corrected chi connectivity index (χ4v) is 4.37. The Bertz CT molecular complexity index is 843. The third kappa shape index (κ3) is 4.18. The lowest BCUT2D eigenvalue weighted by molar-refractivity contribution is -0.159. The van der Waals surface area contributed by atoms with Gasteiger partial charge in [-0.1, -0.05) is 60.7 Å². The minimum atomic E-state index is -0.593. The first-order chi connectivity index (χ1) is 14.2. The Labute approximate surface area is 171 Å². The van der Waals surface area contributed by atoms with Crippen molar-refractivity contribution in [3.8, 4) is 0 Å². The van der Waals surface area contributed by atoms with E-state index in [9.17, 15) is 9.59 Å². The second-order valence-electron chi connectivity index (χ2n) is 7.79. The molecule has 6 heteroatoms. The zero-order valence-corrected chi connectivity index (χ0v) is 16.4. The summed E-state index contributed by atoms with van der Waals surface area (Å²) in [6.45, 7) is 2.42. The lowest BCUT2D eigenvalue weighted by atomic mass is 9.89. The number of likely N-dealkylation sites (tertiary alicyclic amines) is 1. The van der Waals surface area contributed by atoms with Crippen molar-refractivity contribution in [1.82, 2.24) is 9.80 Å². The van der Waals surface area contributed by atoms with Gasteiger partial charge in [-0.3, -0.25) is 9.59 Å². The molecule has 2 N–H and O–H groups in total. The van der Waals surface area contributed by atoms with E-state index in [0.717, 1.165) is 5.56 Å². The molecule has 0 aliphatic carbocycles. The molecule has 0 unspecified atom stereocenters. The fraction of sp³-hybridized carbons (Fsp3) is 0.391. The second kappa shape index (κ2) is 8.76. The number of rotatable bonds is 5. The Kier molecular flexibility index (Phi) is 5.92. The average molecular weight is 393 g/mol. The van der Waals surface area contributed by atoms with E-state index >= 15 is 0 Å². The molecule has 152 valence electrons. The molecule has 0 aromatic heterocycles. The van der Waals surface area contributed by atoms with Gasteiger partial charge in [0.1, 0.15) is 12.6 Å². The quantitative estimate of drug-likeness (QED) is 0.838. The van der Waals surface area contributed by atoms with E-state index in [4.69, 9.17) is 10.5 Å². The maximum absolute atomic E-state index is 13.4. The highest BCUT2D eigenvalue weighted by molar-refractivity contribution is 5.89. The molecule has 0 bridgehead atoms. The Balaban J connectivity index is 1.51. The zero-order chi connectivity index (χ0) is 20.2. The van der Waals surface area contributed by atoms with Crippen LogP contribution in [0.15, 0.2) is 60.7 Å². The summed E-state index contributed by atoms with van der Waals surface area (Å²) >= 11 is 0. The number of benzene rings is 2. The molecule has 2 fully saturated rings. The van der Waals surface area contributed by atoms with Crippen molar-refractivity contribution >= 4 is 11.8 Å². The number of ether oxygens (including phenoxy) is 1. The van der Waals surface area contributed by atoms with Gasteiger partial charge in [0.25, 0.3) is 0 Å². The molecule has 2 heterocycles. The minimum absolute atomic E-state index is 0.0225. The smallest absolute Gasteiger partial charge is 0.249 e. The van der Waals surface area contributed by atoms with Crippen LogP contribution in [-0.2, 0) is 20.9 Å². The molecule has 4 rings (SSSR count). The third-order valence-corrected chi connectivity index (χ3v) is 5.96. The number of nitrogens with zero attached hydrogens (tertiary/aromatic N) is 2. The molecule has 0 saturated carbocycles. The third-order valence-electron chi connectivity index (χ3n) is 5.96. The molecule has 2 aliphatic heterocycles. The minimum Gasteiger partial charge on any atom is -0.369 e. The Hall–Kier alpha value is -2.70. The van der Waals surface area contributed by atoms with Crippen LogP contribution in [-0.4, -0.2) is 60.5 Å². The van der Waals surface area contributed by atoms with E-state index in [1.54, 1.807) is 4.90 Å². The van der Waals surface area contributed by atoms with Gasteiger partial charge < -0.3 is 20.3 Å². The van der Waals surface area contributed by atoms with Gasteiger partial charge in [-0.2, -0.15) is 0 Å². The highest BCUT2D eigenvalue weighted by atomic mass is 16.5. The SMILES string of the molecule is NC[C@@H]1CN(C(=O)[C@H]2COCC(=O)N2Cc2ccccc2)C[C@H]1c1ccccc1. The van der Waals surface area contributed by atoms with Crippen molar-refractivity contribution in [3.63, 3.8) is 0 Å². The van der Waals surface area contributed by atoms with Gasteiger partial charge in [-0.05, 0) is 23.6 Å². The van der Waals surface area contributed by atoms with E-state index < -0.39 is 6.04 Å². The number of carbonyl (C=O) groups is 2. The van der Waals surface area contributed by atoms with Crippen molar-refractivity contribution in [2.45, 2.75) is 18.5 Å². The molecule has 3 atom stereocenters. The van der Waals surface area contributed by atoms with E-state index in [-0.39, 0.29) is 36.9 Å². The lowest BCUT2D eigenvalue weighted by Crippen LogP contribution is -2.56. The summed E-state index contributed by atoms with van der Waals surface area (Å²) < 4.78 is 5.44. The molecule has 2 aromatic rings. The summed E-state index contributed by atoms with van der Waals surface area (Å²) in [5, 5.41) is 0. The number of hydrogen-bond donors (Lipinski definition) is 1. The van der Waals surface area contributed by atoms with Gasteiger partial charge in [-0.25, -0.2) is 0 Å². The first-order valence-corrected chi connectivity index (χ1v) is 10.1. The monoisotopic (exact) mass is 393 g/mol. The van der Waals surface area contributed by atoms with Crippen LogP contribution in [0.25, 0.3) is 0 Å². The van der Waals surface area contributed by atoms with Crippen LogP contribution in [0.3, 0.4) is 0 Å². The summed E-state index contributed by atoms with van der Waals surface area (Å²) in [6, 6.07) is 19.4. The van der Waals surface area contributed by atoms with Crippen LogP contribution < -0.4 is 5.73 Å². The molecule has 2 aromatic carbocycles. The molecule has 0 radical (unpaired) electrons. The predicted octanol–water partition coefficient (Wildman–Crippen LogP) is 1.61. The molecular weight excluding hydrogens is 366 g/mol. The normalized spacial score (nSPS) is 24.7. The predicted molar refractivity (Wildman–Crippen MR) is 110 cm³/mol.